The lowest BCUT2D eigenvalue weighted by Crippen LogP contribution is -2.29. The normalized spacial score (nSPS) is 14.2. The van der Waals surface area contributed by atoms with Crippen LogP contribution in [0.25, 0.3) is 0 Å². The van der Waals surface area contributed by atoms with Crippen molar-refractivity contribution in [2.75, 3.05) is 11.4 Å². The topological polar surface area (TPSA) is 82.1 Å². The first kappa shape index (κ1) is 11.7. The molecule has 1 aromatic heterocycles. The quantitative estimate of drug-likeness (QED) is 0.870. The highest BCUT2D eigenvalue weighted by Gasteiger charge is 2.21. The molecule has 1 aliphatic rings. The molecule has 2 heterocycles. The zero-order chi connectivity index (χ0) is 13.2. The molecule has 0 aliphatic carbocycles. The largest absolute Gasteiger partial charge is 0.476 e. The third-order valence-electron chi connectivity index (χ3n) is 3.37. The number of nitrogens with one attached hydrogen (secondary N) is 1. The third kappa shape index (κ3) is 2.16. The Morgan fingerprint density at radius 3 is 3.05 bits per heavy atom. The van der Waals surface area contributed by atoms with Crippen LogP contribution in [0.4, 0.5) is 5.69 Å². The molecular formula is C13H14N4O2. The van der Waals surface area contributed by atoms with Crippen LogP contribution < -0.4 is 4.90 Å². The number of hydrogen-bond donors (Lipinski definition) is 2. The number of aromatic carboxylic acids is 1. The summed E-state index contributed by atoms with van der Waals surface area (Å²) in [6, 6.07) is 8.20. The minimum absolute atomic E-state index is 0.00283. The molecule has 2 aromatic rings. The highest BCUT2D eigenvalue weighted by atomic mass is 16.4. The van der Waals surface area contributed by atoms with Crippen LogP contribution in [0.15, 0.2) is 24.3 Å². The van der Waals surface area contributed by atoms with Crippen molar-refractivity contribution in [3.8, 4) is 0 Å². The molecule has 0 spiro atoms. The van der Waals surface area contributed by atoms with Crippen LogP contribution in [0.3, 0.4) is 0 Å². The first-order valence-electron chi connectivity index (χ1n) is 6.21. The summed E-state index contributed by atoms with van der Waals surface area (Å²) >= 11 is 0. The van der Waals surface area contributed by atoms with Crippen molar-refractivity contribution >= 4 is 11.7 Å². The van der Waals surface area contributed by atoms with Crippen LogP contribution in [0, 0.1) is 0 Å². The molecule has 0 radical (unpaired) electrons. The Balaban J connectivity index is 1.89. The maximum atomic E-state index is 11.0. The van der Waals surface area contributed by atoms with Gasteiger partial charge in [0.05, 0.1) is 6.54 Å². The Morgan fingerprint density at radius 2 is 2.21 bits per heavy atom. The van der Waals surface area contributed by atoms with Gasteiger partial charge < -0.3 is 10.0 Å². The van der Waals surface area contributed by atoms with Gasteiger partial charge in [0.2, 0.25) is 0 Å². The van der Waals surface area contributed by atoms with E-state index in [9.17, 15) is 4.79 Å². The van der Waals surface area contributed by atoms with Gasteiger partial charge in [-0.25, -0.2) is 4.79 Å². The standard InChI is InChI=1S/C13H14N4O2/c18-13(19)12-10(14-16-15-12)8-17-7-3-5-9-4-1-2-6-11(9)17/h1-2,4,6H,3,5,7-8H2,(H,18,19)(H,14,15,16). The average Bonchev–Trinajstić information content (AvgIpc) is 2.87. The number of benzene rings is 1. The summed E-state index contributed by atoms with van der Waals surface area (Å²) in [4.78, 5) is 13.2. The number of hydrogen-bond acceptors (Lipinski definition) is 4. The summed E-state index contributed by atoms with van der Waals surface area (Å²) in [5.41, 5.74) is 2.94. The number of nitrogens with zero attached hydrogens (tertiary/aromatic N) is 3. The molecule has 0 amide bonds. The van der Waals surface area contributed by atoms with Crippen molar-refractivity contribution in [3.05, 3.63) is 41.2 Å². The molecule has 6 heteroatoms. The average molecular weight is 258 g/mol. The van der Waals surface area contributed by atoms with E-state index in [1.807, 2.05) is 12.1 Å². The van der Waals surface area contributed by atoms with Crippen LogP contribution in [-0.4, -0.2) is 33.0 Å². The molecule has 0 saturated carbocycles. The van der Waals surface area contributed by atoms with Crippen molar-refractivity contribution in [1.82, 2.24) is 15.4 Å². The van der Waals surface area contributed by atoms with Gasteiger partial charge in [-0.2, -0.15) is 10.3 Å². The highest BCUT2D eigenvalue weighted by molar-refractivity contribution is 5.86. The number of aryl methyl sites for hydroxylation is 1. The molecule has 0 unspecified atom stereocenters. The van der Waals surface area contributed by atoms with Crippen molar-refractivity contribution in [2.45, 2.75) is 19.4 Å². The second kappa shape index (κ2) is 4.72. The van der Waals surface area contributed by atoms with E-state index in [1.165, 1.54) is 5.56 Å². The van der Waals surface area contributed by atoms with Crippen LogP contribution in [0.2, 0.25) is 0 Å². The molecule has 19 heavy (non-hydrogen) atoms. The summed E-state index contributed by atoms with van der Waals surface area (Å²) in [6.07, 6.45) is 2.13. The number of carboxylic acid groups (broad SMARTS) is 1. The predicted molar refractivity (Wildman–Crippen MR) is 69.2 cm³/mol. The van der Waals surface area contributed by atoms with E-state index in [0.29, 0.717) is 12.2 Å². The number of rotatable bonds is 3. The number of anilines is 1. The Labute approximate surface area is 110 Å². The molecule has 6 nitrogen and oxygen atoms in total. The first-order valence-corrected chi connectivity index (χ1v) is 6.21. The molecule has 2 N–H and O–H groups in total. The number of aromatic nitrogens is 3. The summed E-state index contributed by atoms with van der Waals surface area (Å²) in [6.45, 7) is 1.37. The summed E-state index contributed by atoms with van der Waals surface area (Å²) < 4.78 is 0. The second-order valence-electron chi connectivity index (χ2n) is 4.58. The number of aromatic amines is 1. The van der Waals surface area contributed by atoms with E-state index in [-0.39, 0.29) is 5.69 Å². The molecule has 0 atom stereocenters. The van der Waals surface area contributed by atoms with Gasteiger partial charge >= 0.3 is 5.97 Å². The fourth-order valence-electron chi connectivity index (χ4n) is 2.49. The zero-order valence-electron chi connectivity index (χ0n) is 10.3. The fourth-order valence-corrected chi connectivity index (χ4v) is 2.49. The Hall–Kier alpha value is -2.37. The highest BCUT2D eigenvalue weighted by Crippen LogP contribution is 2.27. The Kier molecular flexibility index (Phi) is 2.91. The molecule has 3 rings (SSSR count). The number of para-hydroxylation sites is 1. The maximum Gasteiger partial charge on any atom is 0.358 e. The maximum absolute atomic E-state index is 11.0. The molecule has 98 valence electrons. The number of carboxylic acids is 1. The molecule has 0 bridgehead atoms. The van der Waals surface area contributed by atoms with Crippen molar-refractivity contribution < 1.29 is 9.90 Å². The van der Waals surface area contributed by atoms with Gasteiger partial charge in [-0.15, -0.1) is 5.10 Å². The minimum atomic E-state index is -1.05. The van der Waals surface area contributed by atoms with E-state index in [4.69, 9.17) is 5.11 Å². The zero-order valence-corrected chi connectivity index (χ0v) is 10.3. The van der Waals surface area contributed by atoms with Gasteiger partial charge in [0, 0.05) is 12.2 Å². The Morgan fingerprint density at radius 1 is 1.37 bits per heavy atom. The van der Waals surface area contributed by atoms with Gasteiger partial charge in [-0.05, 0) is 24.5 Å². The number of fused-ring (bicyclic) bond motifs is 1. The number of carbonyl (C=O) groups is 1. The summed E-state index contributed by atoms with van der Waals surface area (Å²) in [7, 11) is 0. The van der Waals surface area contributed by atoms with Crippen LogP contribution in [-0.2, 0) is 13.0 Å². The van der Waals surface area contributed by atoms with E-state index in [0.717, 1.165) is 25.1 Å². The summed E-state index contributed by atoms with van der Waals surface area (Å²) in [5.74, 6) is -1.05. The van der Waals surface area contributed by atoms with Gasteiger partial charge in [0.15, 0.2) is 5.69 Å². The molecule has 0 saturated heterocycles. The Bertz CT molecular complexity index is 608. The monoisotopic (exact) mass is 258 g/mol. The second-order valence-corrected chi connectivity index (χ2v) is 4.58. The lowest BCUT2D eigenvalue weighted by Gasteiger charge is -2.30. The molecular weight excluding hydrogens is 244 g/mol. The first-order chi connectivity index (χ1) is 9.25. The SMILES string of the molecule is O=C(O)c1n[nH]nc1CN1CCCc2ccccc21. The lowest BCUT2D eigenvalue weighted by atomic mass is 10.0. The lowest BCUT2D eigenvalue weighted by molar-refractivity contribution is 0.0689. The van der Waals surface area contributed by atoms with Gasteiger partial charge in [0.25, 0.3) is 0 Å². The molecule has 1 aliphatic heterocycles. The van der Waals surface area contributed by atoms with Gasteiger partial charge in [-0.3, -0.25) is 0 Å². The van der Waals surface area contributed by atoms with Crippen LogP contribution >= 0.6 is 0 Å². The van der Waals surface area contributed by atoms with Crippen molar-refractivity contribution in [3.63, 3.8) is 0 Å². The fraction of sp³-hybridized carbons (Fsp3) is 0.308. The van der Waals surface area contributed by atoms with Crippen LogP contribution in [0.5, 0.6) is 0 Å². The smallest absolute Gasteiger partial charge is 0.358 e. The van der Waals surface area contributed by atoms with E-state index in [1.54, 1.807) is 0 Å². The molecule has 1 aromatic carbocycles. The van der Waals surface area contributed by atoms with Crippen molar-refractivity contribution in [2.24, 2.45) is 0 Å². The minimum Gasteiger partial charge on any atom is -0.476 e. The third-order valence-corrected chi connectivity index (χ3v) is 3.37. The molecule has 0 fully saturated rings. The number of H-pyrrole nitrogens is 1. The van der Waals surface area contributed by atoms with E-state index >= 15 is 0 Å². The van der Waals surface area contributed by atoms with E-state index < -0.39 is 5.97 Å². The van der Waals surface area contributed by atoms with Crippen LogP contribution in [0.1, 0.15) is 28.2 Å². The van der Waals surface area contributed by atoms with Crippen molar-refractivity contribution in [1.29, 1.82) is 0 Å². The van der Waals surface area contributed by atoms with E-state index in [2.05, 4.69) is 32.4 Å². The predicted octanol–water partition coefficient (Wildman–Crippen LogP) is 1.46. The van der Waals surface area contributed by atoms with Gasteiger partial charge in [-0.1, -0.05) is 18.2 Å². The summed E-state index contributed by atoms with van der Waals surface area (Å²) in [5, 5.41) is 19.0. The van der Waals surface area contributed by atoms with Gasteiger partial charge in [0.1, 0.15) is 5.69 Å².